The minimum atomic E-state index is -5.19. The van der Waals surface area contributed by atoms with E-state index in [9.17, 15) is 44.9 Å². The van der Waals surface area contributed by atoms with E-state index in [1.165, 1.54) is 74.0 Å². The maximum atomic E-state index is 13.0. The van der Waals surface area contributed by atoms with Gasteiger partial charge < -0.3 is 25.9 Å². The van der Waals surface area contributed by atoms with Crippen molar-refractivity contribution < 1.29 is 59.4 Å². The molecular formula is C56H60F4N4O8S. The first-order chi connectivity index (χ1) is 34.5. The van der Waals surface area contributed by atoms with Gasteiger partial charge in [-0.3, -0.25) is 23.3 Å². The zero-order chi connectivity index (χ0) is 53.3. The number of amides is 2. The number of rotatable bonds is 20. The van der Waals surface area contributed by atoms with Gasteiger partial charge in [-0.25, -0.2) is 0 Å². The molecule has 4 N–H and O–H groups in total. The number of halogens is 4. The van der Waals surface area contributed by atoms with Crippen LogP contribution in [0, 0.1) is 0 Å². The molecule has 0 aliphatic carbocycles. The smallest absolute Gasteiger partial charge is 0.430 e. The SMILES string of the molecule is CC1(C)C(/C=C/C=C/C=C2/N(CCCCNC(=O)c3ccc(C(=O)C(CC[18F])S(=O)(=O)O)cc3)c3ccc4ccccc4c3C2(C)C)=[N+](CCCCCC(N)=O)c2ccc3ccccc3c21.O=C([O-])C(F)(F)F. The average Bonchev–Trinajstić information content (AvgIpc) is 3.70. The Morgan fingerprint density at radius 2 is 1.38 bits per heavy atom. The second-order valence-electron chi connectivity index (χ2n) is 19.0. The maximum absolute atomic E-state index is 13.0. The molecule has 17 heteroatoms. The molecule has 0 saturated heterocycles. The second-order valence-corrected chi connectivity index (χ2v) is 20.6. The minimum absolute atomic E-state index is 0.0384. The van der Waals surface area contributed by atoms with Crippen LogP contribution < -0.4 is 21.1 Å². The molecule has 5 aromatic carbocycles. The molecule has 1 unspecified atom stereocenters. The largest absolute Gasteiger partial charge is 0.542 e. The third-order valence-corrected chi connectivity index (χ3v) is 14.5. The van der Waals surface area contributed by atoms with Crippen molar-refractivity contribution in [3.63, 3.8) is 0 Å². The van der Waals surface area contributed by atoms with Crippen LogP contribution in [-0.4, -0.2) is 84.6 Å². The Morgan fingerprint density at radius 1 is 0.781 bits per heavy atom. The number of benzene rings is 5. The molecule has 73 heavy (non-hydrogen) atoms. The molecule has 7 rings (SSSR count). The molecule has 5 aromatic rings. The summed E-state index contributed by atoms with van der Waals surface area (Å²) in [7, 11) is -4.79. The number of carbonyl (C=O) groups excluding carboxylic acids is 4. The highest BCUT2D eigenvalue weighted by Gasteiger charge is 2.45. The van der Waals surface area contributed by atoms with Crippen LogP contribution in [0.25, 0.3) is 21.5 Å². The number of carbonyl (C=O) groups is 4. The fraction of sp³-hybridized carbons (Fsp3) is 0.339. The molecule has 2 aliphatic rings. The Bertz CT molecular complexity index is 3120. The third kappa shape index (κ3) is 12.8. The summed E-state index contributed by atoms with van der Waals surface area (Å²) in [6.45, 7) is 10.0. The minimum Gasteiger partial charge on any atom is -0.542 e. The van der Waals surface area contributed by atoms with Gasteiger partial charge in [0.15, 0.2) is 16.7 Å². The molecule has 0 fully saturated rings. The van der Waals surface area contributed by atoms with Gasteiger partial charge in [-0.05, 0) is 97.0 Å². The number of hydrogen-bond acceptors (Lipinski definition) is 8. The lowest BCUT2D eigenvalue weighted by Gasteiger charge is -2.27. The highest BCUT2D eigenvalue weighted by molar-refractivity contribution is 7.87. The molecule has 2 heterocycles. The van der Waals surface area contributed by atoms with Crippen molar-refractivity contribution in [2.24, 2.45) is 5.73 Å². The van der Waals surface area contributed by atoms with Gasteiger partial charge >= 0.3 is 6.18 Å². The van der Waals surface area contributed by atoms with Crippen molar-refractivity contribution in [1.82, 2.24) is 5.32 Å². The number of hydrogen-bond donors (Lipinski definition) is 3. The molecule has 0 bridgehead atoms. The Kier molecular flexibility index (Phi) is 17.6. The summed E-state index contributed by atoms with van der Waals surface area (Å²) in [6, 6.07) is 31.3. The summed E-state index contributed by atoms with van der Waals surface area (Å²) in [6.07, 6.45) is 9.48. The number of aliphatic carboxylic acids is 1. The van der Waals surface area contributed by atoms with E-state index in [2.05, 4.69) is 146 Å². The number of allylic oxidation sites excluding steroid dienone is 6. The number of fused-ring (bicyclic) bond motifs is 6. The monoisotopic (exact) mass is 1020 g/mol. The number of carboxylic acids is 1. The van der Waals surface area contributed by atoms with E-state index in [4.69, 9.17) is 15.6 Å². The molecule has 0 aromatic heterocycles. The van der Waals surface area contributed by atoms with Gasteiger partial charge in [0.1, 0.15) is 12.5 Å². The highest BCUT2D eigenvalue weighted by atomic mass is 32.2. The fourth-order valence-corrected chi connectivity index (χ4v) is 10.6. The Labute approximate surface area is 422 Å². The number of nitrogens with one attached hydrogen (secondary N) is 1. The van der Waals surface area contributed by atoms with Crippen molar-refractivity contribution in [2.45, 2.75) is 94.9 Å². The molecule has 12 nitrogen and oxygen atoms in total. The lowest BCUT2D eigenvalue weighted by Crippen LogP contribution is -2.37. The summed E-state index contributed by atoms with van der Waals surface area (Å²) in [4.78, 5) is 48.3. The first-order valence-corrected chi connectivity index (χ1v) is 25.5. The molecule has 2 aliphatic heterocycles. The van der Waals surface area contributed by atoms with Crippen molar-refractivity contribution in [3.05, 3.63) is 155 Å². The fourth-order valence-electron chi connectivity index (χ4n) is 9.84. The predicted octanol–water partition coefficient (Wildman–Crippen LogP) is 9.52. The van der Waals surface area contributed by atoms with Crippen molar-refractivity contribution in [3.8, 4) is 0 Å². The lowest BCUT2D eigenvalue weighted by molar-refractivity contribution is -0.438. The molecule has 1 atom stereocenters. The van der Waals surface area contributed by atoms with Crippen LogP contribution in [0.5, 0.6) is 0 Å². The maximum Gasteiger partial charge on any atom is 0.430 e. The first-order valence-electron chi connectivity index (χ1n) is 24.0. The van der Waals surface area contributed by atoms with E-state index < -0.39 is 46.4 Å². The van der Waals surface area contributed by atoms with Crippen molar-refractivity contribution >= 4 is 72.3 Å². The normalized spacial score (nSPS) is 16.0. The van der Waals surface area contributed by atoms with E-state index in [1.807, 2.05) is 0 Å². The molecule has 386 valence electrons. The zero-order valence-corrected chi connectivity index (χ0v) is 42.0. The number of unbranched alkanes of at least 4 members (excludes halogenated alkanes) is 3. The molecule has 0 saturated carbocycles. The van der Waals surface area contributed by atoms with E-state index in [0.29, 0.717) is 19.4 Å². The van der Waals surface area contributed by atoms with Crippen LogP contribution in [0.1, 0.15) is 104 Å². The number of nitrogens with zero attached hydrogens (tertiary/aromatic N) is 2. The van der Waals surface area contributed by atoms with E-state index in [-0.39, 0.29) is 33.8 Å². The van der Waals surface area contributed by atoms with E-state index in [1.54, 1.807) is 0 Å². The van der Waals surface area contributed by atoms with E-state index in [0.717, 1.165) is 44.5 Å². The number of alkyl halides is 4. The first kappa shape index (κ1) is 55.3. The Balaban J connectivity index is 0.00000116. The second kappa shape index (κ2) is 23.3. The average molecular weight is 1020 g/mol. The number of primary amides is 1. The van der Waals surface area contributed by atoms with Crippen LogP contribution >= 0.6 is 0 Å². The summed E-state index contributed by atoms with van der Waals surface area (Å²) < 4.78 is 79.7. The van der Waals surface area contributed by atoms with Gasteiger partial charge in [0.25, 0.3) is 16.0 Å². The van der Waals surface area contributed by atoms with E-state index >= 15 is 0 Å². The van der Waals surface area contributed by atoms with Crippen LogP contribution in [0.3, 0.4) is 0 Å². The standard InChI is InChI=1S/C54H59FN4O6S.C2HF3O2/c1-53(2)46(58(35-15-6-9-23-48(56)60)43-30-28-37-17-10-12-19-41(37)49(43)53)21-7-5-8-22-47-54(3,4)50-42-20-13-11-18-38(42)29-31-44(50)59(47)36-16-14-34-57-52(62)40-26-24-39(25-27-40)51(61)45(32-33-55)66(63,64)65;3-2(4,5)1(6)7/h5,7-8,10-13,17-22,24-31,45H,6,9,14-16,23,32-36H2,1-4H3,(H3-,56,57,60,62,63,64,65);(H,6,7)/i55-1;. The predicted molar refractivity (Wildman–Crippen MR) is 274 cm³/mol. The van der Waals surface area contributed by atoms with Crippen molar-refractivity contribution in [2.75, 3.05) is 31.2 Å². The highest BCUT2D eigenvalue weighted by Crippen LogP contribution is 2.51. The van der Waals surface area contributed by atoms with Gasteiger partial charge in [0.2, 0.25) is 11.6 Å². The lowest BCUT2D eigenvalue weighted by atomic mass is 9.79. The number of ketones is 1. The topological polar surface area (TPSA) is 190 Å². The zero-order valence-electron chi connectivity index (χ0n) is 41.2. The van der Waals surface area contributed by atoms with Gasteiger partial charge in [0, 0.05) is 78.0 Å². The quantitative estimate of drug-likeness (QED) is 0.0170. The van der Waals surface area contributed by atoms with Crippen LogP contribution in [0.2, 0.25) is 0 Å². The van der Waals surface area contributed by atoms with Crippen LogP contribution in [0.4, 0.5) is 28.9 Å². The number of Topliss-reactive ketones (excluding diaryl/α,β-unsaturated/α-hetero) is 1. The number of nitrogens with two attached hydrogens (primary N) is 1. The molecule has 2 amide bonds. The number of carboxylic acid groups (broad SMARTS) is 1. The summed E-state index contributed by atoms with van der Waals surface area (Å²) in [5, 5.41) is 14.7. The Morgan fingerprint density at radius 3 is 1.99 bits per heavy atom. The summed E-state index contributed by atoms with van der Waals surface area (Å²) in [5.74, 6) is -4.54. The number of anilines is 1. The third-order valence-electron chi connectivity index (χ3n) is 13.3. The molecule has 0 spiro atoms. The molecule has 0 radical (unpaired) electrons. The molecular weight excluding hydrogens is 964 g/mol. The summed E-state index contributed by atoms with van der Waals surface area (Å²) in [5.41, 5.74) is 12.5. The van der Waals surface area contributed by atoms with Gasteiger partial charge in [-0.2, -0.15) is 26.2 Å². The summed E-state index contributed by atoms with van der Waals surface area (Å²) >= 11 is 0. The van der Waals surface area contributed by atoms with Gasteiger partial charge in [-0.1, -0.05) is 98.8 Å². The van der Waals surface area contributed by atoms with Crippen LogP contribution in [-0.2, 0) is 30.5 Å². The van der Waals surface area contributed by atoms with Crippen molar-refractivity contribution in [1.29, 1.82) is 0 Å². The van der Waals surface area contributed by atoms with Gasteiger partial charge in [0.05, 0.1) is 12.1 Å². The van der Waals surface area contributed by atoms with Gasteiger partial charge in [-0.15, -0.1) is 0 Å². The Hall–Kier alpha value is -6.98. The van der Waals surface area contributed by atoms with Crippen LogP contribution in [0.15, 0.2) is 133 Å².